The number of imidazole rings is 1. The zero-order valence-electron chi connectivity index (χ0n) is 12.2. The molecule has 0 fully saturated rings. The number of hydrogen-bond donors (Lipinski definition) is 1. The Morgan fingerprint density at radius 2 is 1.88 bits per heavy atom. The number of hydrogen-bond acceptors (Lipinski definition) is 3. The maximum atomic E-state index is 12.4. The maximum Gasteiger partial charge on any atom is 0.422 e. The Kier molecular flexibility index (Phi) is 3.88. The number of benzene rings is 1. The fourth-order valence-electron chi connectivity index (χ4n) is 2.32. The summed E-state index contributed by atoms with van der Waals surface area (Å²) in [7, 11) is 0. The van der Waals surface area contributed by atoms with Gasteiger partial charge in [-0.1, -0.05) is 18.2 Å². The Bertz CT molecular complexity index is 903. The SMILES string of the molecule is NC(=O)c1cn2cccc(-c3ccccc3OCC(F)(F)F)c2n1. The van der Waals surface area contributed by atoms with Gasteiger partial charge >= 0.3 is 6.18 Å². The largest absolute Gasteiger partial charge is 0.483 e. The molecule has 0 unspecified atom stereocenters. The van der Waals surface area contributed by atoms with Crippen LogP contribution in [-0.2, 0) is 0 Å². The lowest BCUT2D eigenvalue weighted by Gasteiger charge is -2.13. The molecule has 5 nitrogen and oxygen atoms in total. The molecule has 0 aliphatic rings. The monoisotopic (exact) mass is 335 g/mol. The molecule has 1 aromatic carbocycles. The summed E-state index contributed by atoms with van der Waals surface area (Å²) in [5.41, 5.74) is 6.66. The van der Waals surface area contributed by atoms with Gasteiger partial charge in [0.05, 0.1) is 0 Å². The molecule has 0 spiro atoms. The van der Waals surface area contributed by atoms with Gasteiger partial charge in [0.15, 0.2) is 6.61 Å². The molecule has 2 aromatic heterocycles. The number of nitrogens with two attached hydrogens (primary N) is 1. The molecule has 0 atom stereocenters. The number of primary amides is 1. The summed E-state index contributed by atoms with van der Waals surface area (Å²) in [4.78, 5) is 15.4. The maximum absolute atomic E-state index is 12.4. The minimum atomic E-state index is -4.44. The molecule has 124 valence electrons. The zero-order chi connectivity index (χ0) is 17.3. The summed E-state index contributed by atoms with van der Waals surface area (Å²) in [6.45, 7) is -1.39. The van der Waals surface area contributed by atoms with Crippen LogP contribution in [0.5, 0.6) is 5.75 Å². The van der Waals surface area contributed by atoms with Crippen LogP contribution in [0.3, 0.4) is 0 Å². The van der Waals surface area contributed by atoms with Gasteiger partial charge in [0.1, 0.15) is 17.1 Å². The molecule has 1 amide bonds. The van der Waals surface area contributed by atoms with Gasteiger partial charge < -0.3 is 14.9 Å². The summed E-state index contributed by atoms with van der Waals surface area (Å²) >= 11 is 0. The Morgan fingerprint density at radius 3 is 2.58 bits per heavy atom. The Balaban J connectivity index is 2.09. The van der Waals surface area contributed by atoms with Crippen molar-refractivity contribution in [3.63, 3.8) is 0 Å². The van der Waals surface area contributed by atoms with Crippen molar-refractivity contribution in [3.05, 3.63) is 54.5 Å². The molecule has 0 aliphatic carbocycles. The van der Waals surface area contributed by atoms with E-state index in [2.05, 4.69) is 4.98 Å². The minimum absolute atomic E-state index is 0.0659. The molecule has 2 heterocycles. The van der Waals surface area contributed by atoms with Crippen LogP contribution in [0.2, 0.25) is 0 Å². The van der Waals surface area contributed by atoms with E-state index in [1.54, 1.807) is 40.9 Å². The molecule has 0 radical (unpaired) electrons. The van der Waals surface area contributed by atoms with Gasteiger partial charge in [-0.15, -0.1) is 0 Å². The fraction of sp³-hybridized carbons (Fsp3) is 0.125. The first kappa shape index (κ1) is 15.9. The Hall–Kier alpha value is -3.03. The van der Waals surface area contributed by atoms with Crippen molar-refractivity contribution in [1.29, 1.82) is 0 Å². The van der Waals surface area contributed by atoms with Gasteiger partial charge in [-0.05, 0) is 18.2 Å². The van der Waals surface area contributed by atoms with Crippen LogP contribution in [0.15, 0.2) is 48.8 Å². The Morgan fingerprint density at radius 1 is 1.17 bits per heavy atom. The number of para-hydroxylation sites is 1. The first-order valence-electron chi connectivity index (χ1n) is 6.91. The van der Waals surface area contributed by atoms with Crippen LogP contribution in [-0.4, -0.2) is 28.1 Å². The molecule has 0 bridgehead atoms. The van der Waals surface area contributed by atoms with Crippen LogP contribution in [0.25, 0.3) is 16.8 Å². The fourth-order valence-corrected chi connectivity index (χ4v) is 2.32. The van der Waals surface area contributed by atoms with Gasteiger partial charge in [-0.25, -0.2) is 4.98 Å². The van der Waals surface area contributed by atoms with Crippen LogP contribution in [0.4, 0.5) is 13.2 Å². The molecule has 0 saturated heterocycles. The van der Waals surface area contributed by atoms with Crippen molar-refractivity contribution in [2.75, 3.05) is 6.61 Å². The third kappa shape index (κ3) is 3.17. The lowest BCUT2D eigenvalue weighted by Crippen LogP contribution is -2.19. The number of rotatable bonds is 4. The van der Waals surface area contributed by atoms with E-state index >= 15 is 0 Å². The normalized spacial score (nSPS) is 11.6. The molecule has 2 N–H and O–H groups in total. The van der Waals surface area contributed by atoms with E-state index < -0.39 is 18.7 Å². The number of carbonyl (C=O) groups is 1. The van der Waals surface area contributed by atoms with Crippen molar-refractivity contribution in [1.82, 2.24) is 9.38 Å². The number of pyridine rings is 1. The van der Waals surface area contributed by atoms with E-state index in [9.17, 15) is 18.0 Å². The van der Waals surface area contributed by atoms with E-state index in [-0.39, 0.29) is 11.4 Å². The van der Waals surface area contributed by atoms with Gasteiger partial charge in [0, 0.05) is 23.5 Å². The highest BCUT2D eigenvalue weighted by molar-refractivity contribution is 5.92. The van der Waals surface area contributed by atoms with Crippen LogP contribution in [0.1, 0.15) is 10.5 Å². The summed E-state index contributed by atoms with van der Waals surface area (Å²) in [5.74, 6) is -0.613. The zero-order valence-corrected chi connectivity index (χ0v) is 12.2. The van der Waals surface area contributed by atoms with E-state index in [0.29, 0.717) is 16.8 Å². The highest BCUT2D eigenvalue weighted by atomic mass is 19.4. The standard InChI is InChI=1S/C16H12F3N3O2/c17-16(18,19)9-24-13-6-2-1-4-10(13)11-5-3-7-22-8-12(14(20)23)21-15(11)22/h1-8H,9H2,(H2,20,23). The molecule has 3 rings (SSSR count). The van der Waals surface area contributed by atoms with Gasteiger partial charge in [0.2, 0.25) is 0 Å². The molecule has 8 heteroatoms. The number of halogens is 3. The summed E-state index contributed by atoms with van der Waals surface area (Å²) in [5, 5.41) is 0. The predicted octanol–water partition coefficient (Wildman–Crippen LogP) is 3.04. The molecular weight excluding hydrogens is 323 g/mol. The lowest BCUT2D eigenvalue weighted by molar-refractivity contribution is -0.153. The van der Waals surface area contributed by atoms with E-state index in [1.165, 1.54) is 12.3 Å². The Labute approximate surface area is 134 Å². The van der Waals surface area contributed by atoms with Crippen LogP contribution < -0.4 is 10.5 Å². The third-order valence-electron chi connectivity index (χ3n) is 3.30. The number of alkyl halides is 3. The number of aromatic nitrogens is 2. The number of nitrogens with zero attached hydrogens (tertiary/aromatic N) is 2. The smallest absolute Gasteiger partial charge is 0.422 e. The average Bonchev–Trinajstić information content (AvgIpc) is 2.97. The minimum Gasteiger partial charge on any atom is -0.483 e. The topological polar surface area (TPSA) is 69.6 Å². The first-order valence-corrected chi connectivity index (χ1v) is 6.91. The summed E-state index contributed by atoms with van der Waals surface area (Å²) in [6, 6.07) is 9.70. The highest BCUT2D eigenvalue weighted by Gasteiger charge is 2.29. The van der Waals surface area contributed by atoms with Gasteiger partial charge in [-0.3, -0.25) is 4.79 Å². The second-order valence-corrected chi connectivity index (χ2v) is 5.04. The van der Waals surface area contributed by atoms with Crippen molar-refractivity contribution < 1.29 is 22.7 Å². The van der Waals surface area contributed by atoms with Gasteiger partial charge in [0.25, 0.3) is 5.91 Å². The summed E-state index contributed by atoms with van der Waals surface area (Å²) < 4.78 is 43.8. The second kappa shape index (κ2) is 5.88. The average molecular weight is 335 g/mol. The van der Waals surface area contributed by atoms with Crippen molar-refractivity contribution in [2.45, 2.75) is 6.18 Å². The quantitative estimate of drug-likeness (QED) is 0.797. The number of carbonyl (C=O) groups excluding carboxylic acids is 1. The molecule has 3 aromatic rings. The second-order valence-electron chi connectivity index (χ2n) is 5.04. The molecular formula is C16H12F3N3O2. The molecule has 0 aliphatic heterocycles. The van der Waals surface area contributed by atoms with Crippen LogP contribution >= 0.6 is 0 Å². The number of ether oxygens (including phenoxy) is 1. The van der Waals surface area contributed by atoms with Crippen molar-refractivity contribution >= 4 is 11.6 Å². The molecule has 24 heavy (non-hydrogen) atoms. The number of fused-ring (bicyclic) bond motifs is 1. The van der Waals surface area contributed by atoms with Crippen molar-refractivity contribution in [2.24, 2.45) is 5.73 Å². The lowest BCUT2D eigenvalue weighted by atomic mass is 10.1. The van der Waals surface area contributed by atoms with Crippen molar-refractivity contribution in [3.8, 4) is 16.9 Å². The van der Waals surface area contributed by atoms with Crippen LogP contribution in [0, 0.1) is 0 Å². The molecule has 0 saturated carbocycles. The van der Waals surface area contributed by atoms with E-state index in [4.69, 9.17) is 10.5 Å². The number of amides is 1. The predicted molar refractivity (Wildman–Crippen MR) is 80.7 cm³/mol. The first-order chi connectivity index (χ1) is 11.3. The van der Waals surface area contributed by atoms with E-state index in [0.717, 1.165) is 0 Å². The summed E-state index contributed by atoms with van der Waals surface area (Å²) in [6.07, 6.45) is -1.32. The van der Waals surface area contributed by atoms with E-state index in [1.807, 2.05) is 0 Å². The van der Waals surface area contributed by atoms with Gasteiger partial charge in [-0.2, -0.15) is 13.2 Å². The highest BCUT2D eigenvalue weighted by Crippen LogP contribution is 2.33. The third-order valence-corrected chi connectivity index (χ3v) is 3.30.